The van der Waals surface area contributed by atoms with Gasteiger partial charge in [-0.05, 0) is 24.6 Å². The molecule has 1 amide bonds. The van der Waals surface area contributed by atoms with Crippen LogP contribution in [0.15, 0.2) is 60.7 Å². The molecule has 148 valence electrons. The summed E-state index contributed by atoms with van der Waals surface area (Å²) in [5.41, 5.74) is 1.07. The molecule has 0 aliphatic heterocycles. The van der Waals surface area contributed by atoms with E-state index in [4.69, 9.17) is 15.4 Å². The van der Waals surface area contributed by atoms with Crippen LogP contribution in [0.4, 0.5) is 0 Å². The van der Waals surface area contributed by atoms with E-state index in [1.165, 1.54) is 6.92 Å². The highest BCUT2D eigenvalue weighted by Crippen LogP contribution is 2.08. The Kier molecular flexibility index (Phi) is 7.80. The Balaban J connectivity index is 2.10. The summed E-state index contributed by atoms with van der Waals surface area (Å²) < 4.78 is 5.06. The Morgan fingerprint density at radius 1 is 1.07 bits per heavy atom. The number of carbonyl (C=O) groups excluding carboxylic acids is 3. The summed E-state index contributed by atoms with van der Waals surface area (Å²) in [5, 5.41) is 19.1. The summed E-state index contributed by atoms with van der Waals surface area (Å²) in [6, 6.07) is 18.2. The van der Waals surface area contributed by atoms with Crippen LogP contribution in [0, 0.1) is 22.7 Å². The molecule has 1 unspecified atom stereocenters. The van der Waals surface area contributed by atoms with E-state index in [1.807, 2.05) is 30.3 Å². The molecule has 7 heteroatoms. The van der Waals surface area contributed by atoms with E-state index in [0.29, 0.717) is 5.56 Å². The van der Waals surface area contributed by atoms with Crippen LogP contribution >= 0.6 is 0 Å². The van der Waals surface area contributed by atoms with Gasteiger partial charge in [-0.3, -0.25) is 9.59 Å². The van der Waals surface area contributed by atoms with Crippen LogP contribution < -0.4 is 5.32 Å². The summed E-state index contributed by atoms with van der Waals surface area (Å²) in [4.78, 5) is 37.1. The molecule has 2 aromatic rings. The number of amides is 1. The lowest BCUT2D eigenvalue weighted by Crippen LogP contribution is -2.44. The van der Waals surface area contributed by atoms with Crippen molar-refractivity contribution in [1.82, 2.24) is 5.32 Å². The quantitative estimate of drug-likeness (QED) is 0.502. The summed E-state index contributed by atoms with van der Waals surface area (Å²) in [6.45, 7) is 0.700. The van der Waals surface area contributed by atoms with Gasteiger partial charge in [0.1, 0.15) is 12.0 Å². The molecular weight excluding hydrogens is 370 g/mol. The van der Waals surface area contributed by atoms with Gasteiger partial charge in [-0.2, -0.15) is 5.26 Å². The maximum Gasteiger partial charge on any atom is 0.329 e. The molecule has 0 aliphatic carbocycles. The zero-order valence-electron chi connectivity index (χ0n) is 15.9. The molecule has 2 atom stereocenters. The van der Waals surface area contributed by atoms with Crippen LogP contribution in [-0.2, 0) is 20.7 Å². The lowest BCUT2D eigenvalue weighted by Gasteiger charge is -2.18. The Morgan fingerprint density at radius 2 is 1.66 bits per heavy atom. The van der Waals surface area contributed by atoms with Gasteiger partial charge in [-0.1, -0.05) is 48.5 Å². The van der Waals surface area contributed by atoms with Crippen LogP contribution in [0.3, 0.4) is 0 Å². The lowest BCUT2D eigenvalue weighted by molar-refractivity contribution is -0.150. The molecule has 2 rings (SSSR count). The molecular formula is C22H21N3O4. The average molecular weight is 391 g/mol. The van der Waals surface area contributed by atoms with Gasteiger partial charge in [0.15, 0.2) is 12.4 Å². The van der Waals surface area contributed by atoms with Gasteiger partial charge in [0.05, 0.1) is 6.07 Å². The molecule has 0 radical (unpaired) electrons. The van der Waals surface area contributed by atoms with E-state index in [-0.39, 0.29) is 12.1 Å². The molecule has 0 bridgehead atoms. The first-order valence-corrected chi connectivity index (χ1v) is 8.96. The van der Waals surface area contributed by atoms with Crippen molar-refractivity contribution in [2.24, 2.45) is 5.92 Å². The second-order valence-corrected chi connectivity index (χ2v) is 6.40. The lowest BCUT2D eigenvalue weighted by atomic mass is 10.0. The van der Waals surface area contributed by atoms with Gasteiger partial charge in [-0.15, -0.1) is 0 Å². The fraction of sp³-hybridized carbons (Fsp3) is 0.227. The van der Waals surface area contributed by atoms with Crippen molar-refractivity contribution in [2.45, 2.75) is 19.4 Å². The second-order valence-electron chi connectivity index (χ2n) is 6.40. The van der Waals surface area contributed by atoms with Crippen LogP contribution in [0.5, 0.6) is 0 Å². The third kappa shape index (κ3) is 6.40. The number of rotatable bonds is 9. The first-order chi connectivity index (χ1) is 13.9. The van der Waals surface area contributed by atoms with E-state index in [0.717, 1.165) is 5.56 Å². The summed E-state index contributed by atoms with van der Waals surface area (Å²) in [5.74, 6) is -3.17. The predicted octanol–water partition coefficient (Wildman–Crippen LogP) is 2.32. The van der Waals surface area contributed by atoms with Crippen molar-refractivity contribution in [1.29, 1.82) is 10.7 Å². The number of Topliss-reactive ketones (excluding diaryl/α,β-unsaturated/α-hetero) is 1. The van der Waals surface area contributed by atoms with E-state index >= 15 is 0 Å². The zero-order chi connectivity index (χ0) is 21.2. The molecule has 0 aliphatic rings. The van der Waals surface area contributed by atoms with Crippen molar-refractivity contribution in [3.63, 3.8) is 0 Å². The van der Waals surface area contributed by atoms with Crippen molar-refractivity contribution in [3.05, 3.63) is 71.8 Å². The van der Waals surface area contributed by atoms with Crippen LogP contribution in [0.1, 0.15) is 22.8 Å². The minimum absolute atomic E-state index is 0.119. The van der Waals surface area contributed by atoms with E-state index in [2.05, 4.69) is 5.32 Å². The van der Waals surface area contributed by atoms with Crippen molar-refractivity contribution >= 4 is 23.4 Å². The molecule has 0 saturated heterocycles. The Morgan fingerprint density at radius 3 is 2.21 bits per heavy atom. The van der Waals surface area contributed by atoms with E-state index in [1.54, 1.807) is 36.4 Å². The van der Waals surface area contributed by atoms with Gasteiger partial charge in [0.2, 0.25) is 0 Å². The molecule has 2 aromatic carbocycles. The molecule has 7 nitrogen and oxygen atoms in total. The molecule has 0 spiro atoms. The summed E-state index contributed by atoms with van der Waals surface area (Å²) in [6.07, 6.45) is 0.178. The largest absolute Gasteiger partial charge is 0.456 e. The average Bonchev–Trinajstić information content (AvgIpc) is 2.73. The molecule has 29 heavy (non-hydrogen) atoms. The highest BCUT2D eigenvalue weighted by Gasteiger charge is 2.26. The fourth-order valence-electron chi connectivity index (χ4n) is 2.61. The molecule has 2 N–H and O–H groups in total. The normalized spacial score (nSPS) is 12.1. The standard InChI is InChI=1S/C22H21N3O4/c1-15(24)18(13-23)20(26)14-29-22(28)19(12-16-8-4-2-5-9-16)25-21(27)17-10-6-3-7-11-17/h2-11,18-19,24H,12,14H2,1H3,(H,25,27)/t18?,19-/m0/s1. The van der Waals surface area contributed by atoms with Gasteiger partial charge < -0.3 is 15.5 Å². The Labute approximate surface area is 168 Å². The number of nitrogens with one attached hydrogen (secondary N) is 2. The van der Waals surface area contributed by atoms with Crippen molar-refractivity contribution < 1.29 is 19.1 Å². The monoisotopic (exact) mass is 391 g/mol. The fourth-order valence-corrected chi connectivity index (χ4v) is 2.61. The molecule has 0 saturated carbocycles. The minimum atomic E-state index is -1.26. The number of carbonyl (C=O) groups is 3. The number of hydrogen-bond donors (Lipinski definition) is 2. The maximum absolute atomic E-state index is 12.6. The van der Waals surface area contributed by atoms with Crippen molar-refractivity contribution in [2.75, 3.05) is 6.61 Å². The Hall–Kier alpha value is -3.79. The van der Waals surface area contributed by atoms with Gasteiger partial charge in [0.25, 0.3) is 5.91 Å². The third-order valence-electron chi connectivity index (χ3n) is 4.15. The summed E-state index contributed by atoms with van der Waals surface area (Å²) in [7, 11) is 0. The second kappa shape index (κ2) is 10.5. The van der Waals surface area contributed by atoms with Gasteiger partial charge in [-0.25, -0.2) is 4.79 Å². The highest BCUT2D eigenvalue weighted by molar-refractivity contribution is 6.06. The predicted molar refractivity (Wildman–Crippen MR) is 106 cm³/mol. The van der Waals surface area contributed by atoms with Crippen molar-refractivity contribution in [3.8, 4) is 6.07 Å². The van der Waals surface area contributed by atoms with E-state index in [9.17, 15) is 14.4 Å². The summed E-state index contributed by atoms with van der Waals surface area (Å²) >= 11 is 0. The number of nitrogens with zero attached hydrogens (tertiary/aromatic N) is 1. The van der Waals surface area contributed by atoms with E-state index < -0.39 is 36.2 Å². The zero-order valence-corrected chi connectivity index (χ0v) is 15.9. The first-order valence-electron chi connectivity index (χ1n) is 8.96. The molecule has 0 aromatic heterocycles. The van der Waals surface area contributed by atoms with Gasteiger partial charge >= 0.3 is 5.97 Å². The van der Waals surface area contributed by atoms with Crippen LogP contribution in [0.25, 0.3) is 0 Å². The molecule has 0 heterocycles. The minimum Gasteiger partial charge on any atom is -0.456 e. The molecule has 0 fully saturated rings. The number of benzene rings is 2. The third-order valence-corrected chi connectivity index (χ3v) is 4.15. The first kappa shape index (κ1) is 21.5. The maximum atomic E-state index is 12.6. The number of ether oxygens (including phenoxy) is 1. The Bertz CT molecular complexity index is 920. The highest BCUT2D eigenvalue weighted by atomic mass is 16.5. The number of ketones is 1. The van der Waals surface area contributed by atoms with Gasteiger partial charge in [0, 0.05) is 17.7 Å². The number of nitriles is 1. The SMILES string of the molecule is CC(=N)C(C#N)C(=O)COC(=O)[C@H](Cc1ccccc1)NC(=O)c1ccccc1. The smallest absolute Gasteiger partial charge is 0.329 e. The van der Waals surface area contributed by atoms with Crippen LogP contribution in [-0.4, -0.2) is 36.0 Å². The number of esters is 1. The topological polar surface area (TPSA) is 120 Å². The van der Waals surface area contributed by atoms with Crippen LogP contribution in [0.2, 0.25) is 0 Å². The number of hydrogen-bond acceptors (Lipinski definition) is 6.